The normalized spacial score (nSPS) is 11.0. The number of amides is 1. The number of esters is 1. The lowest BCUT2D eigenvalue weighted by molar-refractivity contribution is -0.143. The van der Waals surface area contributed by atoms with Crippen LogP contribution >= 0.6 is 11.6 Å². The summed E-state index contributed by atoms with van der Waals surface area (Å²) >= 11 is 5.87. The molecule has 0 bridgehead atoms. The van der Waals surface area contributed by atoms with Gasteiger partial charge in [0, 0.05) is 23.7 Å². The lowest BCUT2D eigenvalue weighted by atomic mass is 10.2. The third-order valence-electron chi connectivity index (χ3n) is 3.40. The SMILES string of the molecule is O=C(COC(=O)/C=C/c1nc2ccccc2o1)NCc1cccc(Cl)c1. The lowest BCUT2D eigenvalue weighted by Gasteiger charge is -2.05. The first kappa shape index (κ1) is 17.7. The summed E-state index contributed by atoms with van der Waals surface area (Å²) in [5, 5.41) is 3.23. The highest BCUT2D eigenvalue weighted by atomic mass is 35.5. The van der Waals surface area contributed by atoms with Gasteiger partial charge in [0.1, 0.15) is 5.52 Å². The Morgan fingerprint density at radius 1 is 1.19 bits per heavy atom. The van der Waals surface area contributed by atoms with Crippen molar-refractivity contribution in [2.75, 3.05) is 6.61 Å². The average molecular weight is 371 g/mol. The standard InChI is InChI=1S/C19H15ClN2O4/c20-14-5-3-4-13(10-14)11-21-17(23)12-25-19(24)9-8-18-22-15-6-1-2-7-16(15)26-18/h1-10H,11-12H2,(H,21,23)/b9-8+. The van der Waals surface area contributed by atoms with E-state index < -0.39 is 11.9 Å². The van der Waals surface area contributed by atoms with Gasteiger partial charge in [0.15, 0.2) is 12.2 Å². The van der Waals surface area contributed by atoms with Crippen LogP contribution in [0.25, 0.3) is 17.2 Å². The first-order valence-electron chi connectivity index (χ1n) is 7.82. The van der Waals surface area contributed by atoms with Crippen molar-refractivity contribution in [2.45, 2.75) is 6.54 Å². The van der Waals surface area contributed by atoms with E-state index in [-0.39, 0.29) is 12.5 Å². The van der Waals surface area contributed by atoms with Gasteiger partial charge in [-0.05, 0) is 29.8 Å². The lowest BCUT2D eigenvalue weighted by Crippen LogP contribution is -2.28. The maximum atomic E-state index is 11.7. The Hall–Kier alpha value is -3.12. The van der Waals surface area contributed by atoms with Gasteiger partial charge in [-0.1, -0.05) is 35.9 Å². The number of aromatic nitrogens is 1. The van der Waals surface area contributed by atoms with Crippen LogP contribution in [0.5, 0.6) is 0 Å². The third-order valence-corrected chi connectivity index (χ3v) is 3.63. The van der Waals surface area contributed by atoms with Crippen LogP contribution in [-0.4, -0.2) is 23.5 Å². The number of nitrogens with zero attached hydrogens (tertiary/aromatic N) is 1. The van der Waals surface area contributed by atoms with E-state index in [1.54, 1.807) is 30.3 Å². The fraction of sp³-hybridized carbons (Fsp3) is 0.105. The number of para-hydroxylation sites is 2. The van der Waals surface area contributed by atoms with Crippen LogP contribution in [0.4, 0.5) is 0 Å². The van der Waals surface area contributed by atoms with Gasteiger partial charge in [-0.25, -0.2) is 9.78 Å². The van der Waals surface area contributed by atoms with Crippen LogP contribution in [0.1, 0.15) is 11.5 Å². The molecule has 6 nitrogen and oxygen atoms in total. The van der Waals surface area contributed by atoms with Crippen molar-refractivity contribution in [1.82, 2.24) is 10.3 Å². The molecule has 3 rings (SSSR count). The van der Waals surface area contributed by atoms with Crippen LogP contribution in [0.2, 0.25) is 5.02 Å². The number of hydrogen-bond acceptors (Lipinski definition) is 5. The minimum Gasteiger partial charge on any atom is -0.452 e. The molecule has 0 radical (unpaired) electrons. The second kappa shape index (κ2) is 8.31. The predicted molar refractivity (Wildman–Crippen MR) is 97.3 cm³/mol. The van der Waals surface area contributed by atoms with Gasteiger partial charge in [0.25, 0.3) is 5.91 Å². The molecule has 1 aromatic heterocycles. The van der Waals surface area contributed by atoms with E-state index in [1.165, 1.54) is 6.08 Å². The van der Waals surface area contributed by atoms with Gasteiger partial charge in [0.05, 0.1) is 0 Å². The minimum atomic E-state index is -0.662. The molecular formula is C19H15ClN2O4. The fourth-order valence-corrected chi connectivity index (χ4v) is 2.40. The molecule has 0 aliphatic heterocycles. The molecular weight excluding hydrogens is 356 g/mol. The van der Waals surface area contributed by atoms with Gasteiger partial charge < -0.3 is 14.5 Å². The second-order valence-electron chi connectivity index (χ2n) is 5.37. The van der Waals surface area contributed by atoms with Crippen LogP contribution in [0, 0.1) is 0 Å². The number of hydrogen-bond donors (Lipinski definition) is 1. The largest absolute Gasteiger partial charge is 0.452 e. The molecule has 0 saturated carbocycles. The fourth-order valence-electron chi connectivity index (χ4n) is 2.18. The number of benzene rings is 2. The highest BCUT2D eigenvalue weighted by Crippen LogP contribution is 2.15. The summed E-state index contributed by atoms with van der Waals surface area (Å²) in [7, 11) is 0. The molecule has 0 aliphatic rings. The summed E-state index contributed by atoms with van der Waals surface area (Å²) < 4.78 is 10.3. The molecule has 0 unspecified atom stereocenters. The zero-order valence-corrected chi connectivity index (χ0v) is 14.4. The Bertz CT molecular complexity index is 932. The van der Waals surface area contributed by atoms with Crippen LogP contribution in [0.3, 0.4) is 0 Å². The number of fused-ring (bicyclic) bond motifs is 1. The Morgan fingerprint density at radius 2 is 2.04 bits per heavy atom. The van der Waals surface area contributed by atoms with E-state index >= 15 is 0 Å². The Morgan fingerprint density at radius 3 is 2.85 bits per heavy atom. The Balaban J connectivity index is 1.45. The molecule has 0 aliphatic carbocycles. The van der Waals surface area contributed by atoms with Gasteiger partial charge >= 0.3 is 5.97 Å². The molecule has 132 valence electrons. The first-order valence-corrected chi connectivity index (χ1v) is 8.19. The molecule has 0 spiro atoms. The zero-order valence-electron chi connectivity index (χ0n) is 13.6. The van der Waals surface area contributed by atoms with E-state index in [4.69, 9.17) is 20.8 Å². The monoisotopic (exact) mass is 370 g/mol. The van der Waals surface area contributed by atoms with Gasteiger partial charge in [-0.15, -0.1) is 0 Å². The van der Waals surface area contributed by atoms with Gasteiger partial charge in [-0.3, -0.25) is 4.79 Å². The first-order chi connectivity index (χ1) is 12.6. The molecule has 0 fully saturated rings. The topological polar surface area (TPSA) is 81.4 Å². The minimum absolute atomic E-state index is 0.286. The summed E-state index contributed by atoms with van der Waals surface area (Å²) in [5.41, 5.74) is 2.18. The molecule has 7 heteroatoms. The molecule has 0 saturated heterocycles. The van der Waals surface area contributed by atoms with Crippen molar-refractivity contribution in [3.8, 4) is 0 Å². The van der Waals surface area contributed by atoms with E-state index in [2.05, 4.69) is 10.3 Å². The number of carbonyl (C=O) groups is 2. The smallest absolute Gasteiger partial charge is 0.331 e. The Labute approximate surface area is 154 Å². The van der Waals surface area contributed by atoms with Crippen molar-refractivity contribution in [3.63, 3.8) is 0 Å². The molecule has 1 amide bonds. The van der Waals surface area contributed by atoms with Crippen molar-refractivity contribution < 1.29 is 18.7 Å². The zero-order chi connectivity index (χ0) is 18.4. The molecule has 3 aromatic rings. The van der Waals surface area contributed by atoms with E-state index in [0.717, 1.165) is 11.6 Å². The molecule has 26 heavy (non-hydrogen) atoms. The summed E-state index contributed by atoms with van der Waals surface area (Å²) in [5.74, 6) is -0.785. The predicted octanol–water partition coefficient (Wildman–Crippen LogP) is 3.35. The molecule has 0 atom stereocenters. The highest BCUT2D eigenvalue weighted by molar-refractivity contribution is 6.30. The average Bonchev–Trinajstić information content (AvgIpc) is 3.06. The number of ether oxygens (including phenoxy) is 1. The summed E-state index contributed by atoms with van der Waals surface area (Å²) in [6.07, 6.45) is 2.56. The number of carbonyl (C=O) groups excluding carboxylic acids is 2. The van der Waals surface area contributed by atoms with Crippen LogP contribution in [0.15, 0.2) is 59.0 Å². The number of rotatable bonds is 6. The van der Waals surface area contributed by atoms with E-state index in [9.17, 15) is 9.59 Å². The van der Waals surface area contributed by atoms with Gasteiger partial charge in [-0.2, -0.15) is 0 Å². The summed E-state index contributed by atoms with van der Waals surface area (Å²) in [6, 6.07) is 14.4. The maximum absolute atomic E-state index is 11.7. The van der Waals surface area contributed by atoms with Crippen molar-refractivity contribution >= 4 is 40.7 Å². The van der Waals surface area contributed by atoms with E-state index in [0.29, 0.717) is 22.7 Å². The van der Waals surface area contributed by atoms with Crippen molar-refractivity contribution in [2.24, 2.45) is 0 Å². The molecule has 1 heterocycles. The number of halogens is 1. The Kier molecular flexibility index (Phi) is 5.66. The quantitative estimate of drug-likeness (QED) is 0.531. The number of nitrogens with one attached hydrogen (secondary N) is 1. The molecule has 1 N–H and O–H groups in total. The summed E-state index contributed by atoms with van der Waals surface area (Å²) in [4.78, 5) is 27.6. The van der Waals surface area contributed by atoms with Crippen molar-refractivity contribution in [1.29, 1.82) is 0 Å². The van der Waals surface area contributed by atoms with Gasteiger partial charge in [0.2, 0.25) is 5.89 Å². The summed E-state index contributed by atoms with van der Waals surface area (Å²) in [6.45, 7) is -0.0764. The maximum Gasteiger partial charge on any atom is 0.331 e. The van der Waals surface area contributed by atoms with Crippen LogP contribution < -0.4 is 5.32 Å². The number of oxazole rings is 1. The third kappa shape index (κ3) is 4.94. The van der Waals surface area contributed by atoms with Crippen molar-refractivity contribution in [3.05, 3.63) is 71.1 Å². The van der Waals surface area contributed by atoms with E-state index in [1.807, 2.05) is 18.2 Å². The van der Waals surface area contributed by atoms with Crippen LogP contribution in [-0.2, 0) is 20.9 Å². The second-order valence-corrected chi connectivity index (χ2v) is 5.80. The highest BCUT2D eigenvalue weighted by Gasteiger charge is 2.06. The molecule has 2 aromatic carbocycles.